The van der Waals surface area contributed by atoms with Gasteiger partial charge in [-0.3, -0.25) is 4.90 Å². The smallest absolute Gasteiger partial charge is 0.123 e. The molecule has 1 aromatic rings. The van der Waals surface area contributed by atoms with Crippen molar-refractivity contribution in [2.45, 2.75) is 19.5 Å². The summed E-state index contributed by atoms with van der Waals surface area (Å²) in [5.74, 6) is 0.964. The molecule has 0 aliphatic carbocycles. The van der Waals surface area contributed by atoms with Crippen LogP contribution in [0.15, 0.2) is 24.3 Å². The van der Waals surface area contributed by atoms with Crippen molar-refractivity contribution in [1.82, 2.24) is 4.90 Å². The van der Waals surface area contributed by atoms with E-state index in [2.05, 4.69) is 40.9 Å². The molecule has 15 heavy (non-hydrogen) atoms. The summed E-state index contributed by atoms with van der Waals surface area (Å²) in [6, 6.07) is 8.67. The minimum atomic E-state index is 0.523. The lowest BCUT2D eigenvalue weighted by molar-refractivity contribution is 0.266. The van der Waals surface area contributed by atoms with Crippen molar-refractivity contribution < 1.29 is 4.74 Å². The molecule has 1 unspecified atom stereocenters. The van der Waals surface area contributed by atoms with Gasteiger partial charge in [-0.15, -0.1) is 0 Å². The molecular weight excluding hydrogens is 254 g/mol. The van der Waals surface area contributed by atoms with Gasteiger partial charge in [0.2, 0.25) is 0 Å². The summed E-state index contributed by atoms with van der Waals surface area (Å²) in [6.45, 7) is 3.11. The van der Waals surface area contributed by atoms with Gasteiger partial charge >= 0.3 is 0 Å². The number of hydrogen-bond acceptors (Lipinski definition) is 2. The van der Waals surface area contributed by atoms with Gasteiger partial charge < -0.3 is 4.74 Å². The molecule has 0 radical (unpaired) electrons. The second kappa shape index (κ2) is 6.13. The third-order valence-electron chi connectivity index (χ3n) is 2.59. The van der Waals surface area contributed by atoms with E-state index in [9.17, 15) is 0 Å². The zero-order valence-electron chi connectivity index (χ0n) is 9.53. The second-order valence-corrected chi connectivity index (χ2v) is 4.38. The molecule has 84 valence electrons. The Morgan fingerprint density at radius 2 is 2.07 bits per heavy atom. The summed E-state index contributed by atoms with van der Waals surface area (Å²) >= 11 is 3.49. The molecule has 0 aromatic heterocycles. The molecule has 0 spiro atoms. The molecule has 1 rings (SSSR count). The Morgan fingerprint density at radius 1 is 1.40 bits per heavy atom. The van der Waals surface area contributed by atoms with Crippen molar-refractivity contribution in [2.75, 3.05) is 19.5 Å². The maximum absolute atomic E-state index is 5.32. The number of alkyl halides is 1. The summed E-state index contributed by atoms with van der Waals surface area (Å²) in [5.41, 5.74) is 1.23. The van der Waals surface area contributed by atoms with Crippen LogP contribution >= 0.6 is 15.9 Å². The van der Waals surface area contributed by atoms with Crippen LogP contribution in [0.25, 0.3) is 0 Å². The van der Waals surface area contributed by atoms with Crippen molar-refractivity contribution in [1.29, 1.82) is 0 Å². The minimum absolute atomic E-state index is 0.523. The third-order valence-corrected chi connectivity index (χ3v) is 3.53. The van der Waals surface area contributed by atoms with Gasteiger partial charge in [0.1, 0.15) is 5.75 Å². The second-order valence-electron chi connectivity index (χ2n) is 3.73. The molecule has 0 saturated carbocycles. The Morgan fingerprint density at radius 3 is 2.67 bits per heavy atom. The van der Waals surface area contributed by atoms with E-state index in [0.29, 0.717) is 6.04 Å². The summed E-state index contributed by atoms with van der Waals surface area (Å²) < 4.78 is 5.32. The SMILES string of the molecule is COc1ccccc1CN(C)C(C)CBr. The monoisotopic (exact) mass is 271 g/mol. The summed E-state index contributed by atoms with van der Waals surface area (Å²) in [5, 5.41) is 0.985. The van der Waals surface area contributed by atoms with Crippen molar-refractivity contribution in [3.8, 4) is 5.75 Å². The summed E-state index contributed by atoms with van der Waals surface area (Å²) in [6.07, 6.45) is 0. The quantitative estimate of drug-likeness (QED) is 0.764. The van der Waals surface area contributed by atoms with E-state index in [-0.39, 0.29) is 0 Å². The first-order valence-corrected chi connectivity index (χ1v) is 6.19. The Hall–Kier alpha value is -0.540. The zero-order chi connectivity index (χ0) is 11.3. The molecule has 0 aliphatic rings. The lowest BCUT2D eigenvalue weighted by atomic mass is 10.2. The van der Waals surface area contributed by atoms with Crippen LogP contribution < -0.4 is 4.74 Å². The maximum Gasteiger partial charge on any atom is 0.123 e. The fourth-order valence-electron chi connectivity index (χ4n) is 1.38. The maximum atomic E-state index is 5.32. The zero-order valence-corrected chi connectivity index (χ0v) is 11.1. The number of hydrogen-bond donors (Lipinski definition) is 0. The van der Waals surface area contributed by atoms with Crippen LogP contribution in [-0.4, -0.2) is 30.4 Å². The van der Waals surface area contributed by atoms with E-state index < -0.39 is 0 Å². The van der Waals surface area contributed by atoms with Crippen LogP contribution in [-0.2, 0) is 6.54 Å². The van der Waals surface area contributed by atoms with Crippen molar-refractivity contribution >= 4 is 15.9 Å². The lowest BCUT2D eigenvalue weighted by Crippen LogP contribution is -2.29. The largest absolute Gasteiger partial charge is 0.496 e. The average Bonchev–Trinajstić information content (AvgIpc) is 2.28. The fraction of sp³-hybridized carbons (Fsp3) is 0.500. The number of para-hydroxylation sites is 1. The Kier molecular flexibility index (Phi) is 5.12. The van der Waals surface area contributed by atoms with E-state index in [1.807, 2.05) is 18.2 Å². The standard InChI is InChI=1S/C12H18BrNO/c1-10(8-13)14(2)9-11-6-4-5-7-12(11)15-3/h4-7,10H,8-9H2,1-3H3. The number of benzene rings is 1. The number of nitrogens with zero attached hydrogens (tertiary/aromatic N) is 1. The first kappa shape index (κ1) is 12.5. The average molecular weight is 272 g/mol. The van der Waals surface area contributed by atoms with E-state index >= 15 is 0 Å². The van der Waals surface area contributed by atoms with Crippen LogP contribution in [0.5, 0.6) is 5.75 Å². The lowest BCUT2D eigenvalue weighted by Gasteiger charge is -2.23. The molecule has 0 N–H and O–H groups in total. The fourth-order valence-corrected chi connectivity index (χ4v) is 1.87. The first-order valence-electron chi connectivity index (χ1n) is 5.07. The van der Waals surface area contributed by atoms with E-state index in [1.54, 1.807) is 7.11 Å². The van der Waals surface area contributed by atoms with Crippen LogP contribution in [0.4, 0.5) is 0 Å². The van der Waals surface area contributed by atoms with Gasteiger partial charge in [-0.2, -0.15) is 0 Å². The molecular formula is C12H18BrNO. The predicted octanol–water partition coefficient (Wildman–Crippen LogP) is 2.91. The van der Waals surface area contributed by atoms with Gasteiger partial charge in [-0.1, -0.05) is 34.1 Å². The number of ether oxygens (including phenoxy) is 1. The molecule has 0 saturated heterocycles. The Balaban J connectivity index is 2.71. The van der Waals surface area contributed by atoms with Crippen molar-refractivity contribution in [3.63, 3.8) is 0 Å². The van der Waals surface area contributed by atoms with Crippen LogP contribution in [0.3, 0.4) is 0 Å². The number of methoxy groups -OCH3 is 1. The van der Waals surface area contributed by atoms with Crippen molar-refractivity contribution in [2.24, 2.45) is 0 Å². The molecule has 0 heterocycles. The summed E-state index contributed by atoms with van der Waals surface area (Å²) in [4.78, 5) is 2.30. The van der Waals surface area contributed by atoms with Crippen molar-refractivity contribution in [3.05, 3.63) is 29.8 Å². The highest BCUT2D eigenvalue weighted by Crippen LogP contribution is 2.19. The van der Waals surface area contributed by atoms with Gasteiger partial charge in [0, 0.05) is 23.5 Å². The van der Waals surface area contributed by atoms with Crippen LogP contribution in [0.2, 0.25) is 0 Å². The van der Waals surface area contributed by atoms with E-state index in [0.717, 1.165) is 17.6 Å². The first-order chi connectivity index (χ1) is 7.19. The molecule has 3 heteroatoms. The normalized spacial score (nSPS) is 12.9. The highest BCUT2D eigenvalue weighted by Gasteiger charge is 2.10. The molecule has 2 nitrogen and oxygen atoms in total. The van der Waals surface area contributed by atoms with Gasteiger partial charge in [0.15, 0.2) is 0 Å². The molecule has 0 amide bonds. The third kappa shape index (κ3) is 3.50. The van der Waals surface area contributed by atoms with Crippen LogP contribution in [0.1, 0.15) is 12.5 Å². The van der Waals surface area contributed by atoms with Gasteiger partial charge in [0.05, 0.1) is 7.11 Å². The number of rotatable bonds is 5. The molecule has 1 atom stereocenters. The predicted molar refractivity (Wildman–Crippen MR) is 67.7 cm³/mol. The highest BCUT2D eigenvalue weighted by molar-refractivity contribution is 9.09. The topological polar surface area (TPSA) is 12.5 Å². The van der Waals surface area contributed by atoms with E-state index in [4.69, 9.17) is 4.74 Å². The number of halogens is 1. The molecule has 0 fully saturated rings. The van der Waals surface area contributed by atoms with E-state index in [1.165, 1.54) is 5.56 Å². The molecule has 1 aromatic carbocycles. The minimum Gasteiger partial charge on any atom is -0.496 e. The molecule has 0 aliphatic heterocycles. The summed E-state index contributed by atoms with van der Waals surface area (Å²) in [7, 11) is 3.84. The van der Waals surface area contributed by atoms with Crippen LogP contribution in [0, 0.1) is 0 Å². The van der Waals surface area contributed by atoms with Gasteiger partial charge in [0.25, 0.3) is 0 Å². The van der Waals surface area contributed by atoms with Gasteiger partial charge in [-0.05, 0) is 20.0 Å². The highest BCUT2D eigenvalue weighted by atomic mass is 79.9. The molecule has 0 bridgehead atoms. The van der Waals surface area contributed by atoms with Gasteiger partial charge in [-0.25, -0.2) is 0 Å². The Bertz CT molecular complexity index is 303. The Labute approximate surface area is 100 Å².